The largest absolute Gasteiger partial charge is 0.259 e. The van der Waals surface area contributed by atoms with Crippen LogP contribution in [0.1, 0.15) is 30.0 Å². The quantitative estimate of drug-likeness (QED) is 0.784. The highest BCUT2D eigenvalue weighted by molar-refractivity contribution is 7.84. The van der Waals surface area contributed by atoms with Crippen molar-refractivity contribution in [3.8, 4) is 6.07 Å². The molecule has 0 fully saturated rings. The highest BCUT2D eigenvalue weighted by Gasteiger charge is 2.04. The van der Waals surface area contributed by atoms with Gasteiger partial charge in [-0.3, -0.25) is 4.21 Å². The summed E-state index contributed by atoms with van der Waals surface area (Å²) in [6.07, 6.45) is 0.946. The van der Waals surface area contributed by atoms with E-state index in [0.717, 1.165) is 23.3 Å². The van der Waals surface area contributed by atoms with Gasteiger partial charge in [-0.15, -0.1) is 0 Å². The molecule has 1 aromatic rings. The number of hydrogen-bond acceptors (Lipinski definition) is 2. The van der Waals surface area contributed by atoms with Crippen molar-refractivity contribution in [3.05, 3.63) is 34.9 Å². The van der Waals surface area contributed by atoms with Crippen molar-refractivity contribution < 1.29 is 4.21 Å². The number of rotatable bonds is 4. The van der Waals surface area contributed by atoms with E-state index in [1.54, 1.807) is 6.07 Å². The van der Waals surface area contributed by atoms with Crippen molar-refractivity contribution in [2.45, 2.75) is 26.0 Å². The van der Waals surface area contributed by atoms with Gasteiger partial charge < -0.3 is 0 Å². The second kappa shape index (κ2) is 5.67. The van der Waals surface area contributed by atoms with Gasteiger partial charge in [-0.25, -0.2) is 0 Å². The second-order valence-electron chi connectivity index (χ2n) is 3.54. The maximum atomic E-state index is 11.6. The van der Waals surface area contributed by atoms with Gasteiger partial charge in [0, 0.05) is 22.3 Å². The lowest BCUT2D eigenvalue weighted by molar-refractivity contribution is 0.681. The summed E-state index contributed by atoms with van der Waals surface area (Å²) in [7, 11) is -0.773. The fourth-order valence-electron chi connectivity index (χ4n) is 1.40. The van der Waals surface area contributed by atoms with Crippen molar-refractivity contribution in [2.24, 2.45) is 0 Å². The molecule has 0 amide bonds. The highest BCUT2D eigenvalue weighted by Crippen LogP contribution is 2.13. The van der Waals surface area contributed by atoms with Crippen molar-refractivity contribution in [1.29, 1.82) is 5.26 Å². The summed E-state index contributed by atoms with van der Waals surface area (Å²) in [6.45, 7) is 3.99. The van der Waals surface area contributed by atoms with Crippen LogP contribution in [0, 0.1) is 18.3 Å². The van der Waals surface area contributed by atoms with Gasteiger partial charge in [0.25, 0.3) is 0 Å². The second-order valence-corrected chi connectivity index (χ2v) is 5.12. The molecule has 0 spiro atoms. The third kappa shape index (κ3) is 3.49. The fourth-order valence-corrected chi connectivity index (χ4v) is 2.67. The minimum Gasteiger partial charge on any atom is -0.259 e. The van der Waals surface area contributed by atoms with Crippen molar-refractivity contribution >= 4 is 10.8 Å². The van der Waals surface area contributed by atoms with Crippen LogP contribution in [-0.4, -0.2) is 9.96 Å². The SMILES string of the molecule is CCCS(=O)Cc1ccc(C#N)cc1C. The maximum absolute atomic E-state index is 11.6. The third-order valence-electron chi connectivity index (χ3n) is 2.22. The molecule has 0 heterocycles. The first-order valence-corrected chi connectivity index (χ1v) is 6.50. The standard InChI is InChI=1S/C12H15NOS/c1-3-6-15(14)9-12-5-4-11(8-13)7-10(12)2/h4-5,7H,3,6,9H2,1-2H3. The smallest absolute Gasteiger partial charge is 0.0991 e. The molecule has 0 aromatic heterocycles. The summed E-state index contributed by atoms with van der Waals surface area (Å²) in [5, 5.41) is 8.71. The average molecular weight is 221 g/mol. The van der Waals surface area contributed by atoms with E-state index < -0.39 is 10.8 Å². The molecular formula is C12H15NOS. The summed E-state index contributed by atoms with van der Waals surface area (Å²) in [5.74, 6) is 1.35. The molecule has 2 nitrogen and oxygen atoms in total. The van der Waals surface area contributed by atoms with E-state index in [-0.39, 0.29) is 0 Å². The zero-order chi connectivity index (χ0) is 11.3. The lowest BCUT2D eigenvalue weighted by atomic mass is 10.1. The normalized spacial score (nSPS) is 12.1. The Balaban J connectivity index is 2.79. The Labute approximate surface area is 93.4 Å². The summed E-state index contributed by atoms with van der Waals surface area (Å²) in [5.41, 5.74) is 2.80. The molecule has 1 atom stereocenters. The Morgan fingerprint density at radius 2 is 2.20 bits per heavy atom. The van der Waals surface area contributed by atoms with E-state index in [4.69, 9.17) is 5.26 Å². The fraction of sp³-hybridized carbons (Fsp3) is 0.417. The monoisotopic (exact) mass is 221 g/mol. The van der Waals surface area contributed by atoms with Gasteiger partial charge in [-0.1, -0.05) is 13.0 Å². The lowest BCUT2D eigenvalue weighted by Gasteiger charge is -2.05. The van der Waals surface area contributed by atoms with Crippen LogP contribution in [0.2, 0.25) is 0 Å². The van der Waals surface area contributed by atoms with Crippen LogP contribution in [0.3, 0.4) is 0 Å². The van der Waals surface area contributed by atoms with Gasteiger partial charge in [0.05, 0.1) is 11.6 Å². The van der Waals surface area contributed by atoms with Gasteiger partial charge in [0.2, 0.25) is 0 Å². The number of nitrogens with zero attached hydrogens (tertiary/aromatic N) is 1. The minimum absolute atomic E-state index is 0.603. The van der Waals surface area contributed by atoms with Crippen LogP contribution < -0.4 is 0 Å². The van der Waals surface area contributed by atoms with Gasteiger partial charge in [0.15, 0.2) is 0 Å². The molecule has 0 saturated heterocycles. The molecule has 0 bridgehead atoms. The van der Waals surface area contributed by atoms with Crippen LogP contribution in [0.15, 0.2) is 18.2 Å². The molecule has 1 rings (SSSR count). The van der Waals surface area contributed by atoms with Crippen LogP contribution in [0.4, 0.5) is 0 Å². The maximum Gasteiger partial charge on any atom is 0.0991 e. The molecule has 0 aliphatic rings. The zero-order valence-electron chi connectivity index (χ0n) is 9.12. The molecule has 0 N–H and O–H groups in total. The van der Waals surface area contributed by atoms with Crippen LogP contribution in [0.25, 0.3) is 0 Å². The van der Waals surface area contributed by atoms with Gasteiger partial charge in [-0.05, 0) is 36.6 Å². The molecular weight excluding hydrogens is 206 g/mol. The topological polar surface area (TPSA) is 40.9 Å². The third-order valence-corrected chi connectivity index (χ3v) is 3.72. The number of aryl methyl sites for hydroxylation is 1. The summed E-state index contributed by atoms with van der Waals surface area (Å²) >= 11 is 0. The Morgan fingerprint density at radius 3 is 2.73 bits per heavy atom. The molecule has 80 valence electrons. The Kier molecular flexibility index (Phi) is 4.51. The number of benzene rings is 1. The minimum atomic E-state index is -0.773. The van der Waals surface area contributed by atoms with Crippen LogP contribution in [-0.2, 0) is 16.6 Å². The number of nitriles is 1. The van der Waals surface area contributed by atoms with Crippen molar-refractivity contribution in [3.63, 3.8) is 0 Å². The first-order chi connectivity index (χ1) is 7.17. The van der Waals surface area contributed by atoms with Crippen LogP contribution >= 0.6 is 0 Å². The van der Waals surface area contributed by atoms with E-state index in [0.29, 0.717) is 11.3 Å². The predicted molar refractivity (Wildman–Crippen MR) is 62.9 cm³/mol. The molecule has 0 saturated carbocycles. The molecule has 0 aliphatic carbocycles. The highest BCUT2D eigenvalue weighted by atomic mass is 32.2. The zero-order valence-corrected chi connectivity index (χ0v) is 9.93. The van der Waals surface area contributed by atoms with E-state index in [9.17, 15) is 4.21 Å². The first-order valence-electron chi connectivity index (χ1n) is 5.02. The van der Waals surface area contributed by atoms with E-state index in [1.807, 2.05) is 26.0 Å². The molecule has 15 heavy (non-hydrogen) atoms. The van der Waals surface area contributed by atoms with E-state index in [1.165, 1.54) is 0 Å². The molecule has 3 heteroatoms. The van der Waals surface area contributed by atoms with Crippen molar-refractivity contribution in [2.75, 3.05) is 5.75 Å². The molecule has 0 radical (unpaired) electrons. The predicted octanol–water partition coefficient (Wildman–Crippen LogP) is 2.53. The average Bonchev–Trinajstić information content (AvgIpc) is 2.21. The first kappa shape index (κ1) is 11.9. The number of hydrogen-bond donors (Lipinski definition) is 0. The molecule has 0 aliphatic heterocycles. The van der Waals surface area contributed by atoms with E-state index in [2.05, 4.69) is 6.07 Å². The lowest BCUT2D eigenvalue weighted by Crippen LogP contribution is -2.01. The summed E-state index contributed by atoms with van der Waals surface area (Å²) in [6, 6.07) is 7.63. The van der Waals surface area contributed by atoms with Crippen LogP contribution in [0.5, 0.6) is 0 Å². The van der Waals surface area contributed by atoms with Gasteiger partial charge >= 0.3 is 0 Å². The molecule has 1 aromatic carbocycles. The summed E-state index contributed by atoms with van der Waals surface area (Å²) < 4.78 is 11.6. The van der Waals surface area contributed by atoms with Gasteiger partial charge in [0.1, 0.15) is 0 Å². The van der Waals surface area contributed by atoms with Gasteiger partial charge in [-0.2, -0.15) is 5.26 Å². The summed E-state index contributed by atoms with van der Waals surface area (Å²) in [4.78, 5) is 0. The Hall–Kier alpha value is -1.14. The van der Waals surface area contributed by atoms with Crippen molar-refractivity contribution in [1.82, 2.24) is 0 Å². The molecule has 1 unspecified atom stereocenters. The Morgan fingerprint density at radius 1 is 1.47 bits per heavy atom. The Bertz CT molecular complexity index is 407. The van der Waals surface area contributed by atoms with E-state index >= 15 is 0 Å².